The first-order valence-electron chi connectivity index (χ1n) is 9.75. The van der Waals surface area contributed by atoms with Crippen molar-refractivity contribution in [1.29, 1.82) is 0 Å². The molecule has 0 aliphatic carbocycles. The third-order valence-corrected chi connectivity index (χ3v) is 6.02. The maximum atomic E-state index is 14.1. The average Bonchev–Trinajstić information content (AvgIpc) is 3.34. The number of Topliss-reactive ketones (excluding diaryl/α,β-unsaturated/α-hetero) is 1. The van der Waals surface area contributed by atoms with Crippen molar-refractivity contribution in [3.05, 3.63) is 98.1 Å². The van der Waals surface area contributed by atoms with E-state index in [-0.39, 0.29) is 39.2 Å². The number of hydrogen-bond donors (Lipinski definition) is 0. The van der Waals surface area contributed by atoms with E-state index in [2.05, 4.69) is 15.9 Å². The lowest BCUT2D eigenvalue weighted by molar-refractivity contribution is 0.0702. The van der Waals surface area contributed by atoms with Crippen molar-refractivity contribution < 1.29 is 27.9 Å². The summed E-state index contributed by atoms with van der Waals surface area (Å²) >= 11 is 9.43. The number of carbonyl (C=O) groups is 2. The zero-order chi connectivity index (χ0) is 23.3. The molecule has 164 valence electrons. The van der Waals surface area contributed by atoms with Crippen LogP contribution in [-0.4, -0.2) is 11.8 Å². The van der Waals surface area contributed by atoms with Crippen molar-refractivity contribution in [2.45, 2.75) is 6.92 Å². The molecule has 0 unspecified atom stereocenters. The third kappa shape index (κ3) is 3.83. The van der Waals surface area contributed by atoms with Crippen LogP contribution in [0, 0.1) is 12.7 Å². The Morgan fingerprint density at radius 1 is 1.15 bits per heavy atom. The largest absolute Gasteiger partial charge is 0.452 e. The van der Waals surface area contributed by atoms with Gasteiger partial charge in [0.1, 0.15) is 22.9 Å². The summed E-state index contributed by atoms with van der Waals surface area (Å²) in [5.41, 5.74) is 1.32. The summed E-state index contributed by atoms with van der Waals surface area (Å²) in [5.74, 6) is -1.29. The summed E-state index contributed by atoms with van der Waals surface area (Å²) < 4.78 is 31.8. The Morgan fingerprint density at radius 2 is 1.97 bits per heavy atom. The number of carbonyl (C=O) groups excluding carboxylic acids is 2. The van der Waals surface area contributed by atoms with Crippen LogP contribution in [0.15, 0.2) is 69.2 Å². The number of benzene rings is 3. The first-order valence-corrected chi connectivity index (χ1v) is 10.9. The molecule has 3 aromatic carbocycles. The first kappa shape index (κ1) is 21.4. The number of ketones is 1. The molecule has 0 atom stereocenters. The Balaban J connectivity index is 1.44. The highest BCUT2D eigenvalue weighted by Gasteiger charge is 2.31. The molecule has 2 heterocycles. The molecular formula is C25H13BrClFO5. The zero-order valence-electron chi connectivity index (χ0n) is 16.9. The zero-order valence-corrected chi connectivity index (χ0v) is 19.3. The van der Waals surface area contributed by atoms with Crippen LogP contribution >= 0.6 is 27.5 Å². The number of halogens is 3. The SMILES string of the molecule is Cc1c(OC(=O)c2cc3cc(Br)ccc3o2)ccc2c1O/C(=C\c1c(F)cccc1Cl)C2=O. The summed E-state index contributed by atoms with van der Waals surface area (Å²) in [7, 11) is 0. The Kier molecular flexibility index (Phi) is 5.31. The summed E-state index contributed by atoms with van der Waals surface area (Å²) in [6, 6.07) is 14.2. The van der Waals surface area contributed by atoms with E-state index in [9.17, 15) is 14.0 Å². The number of ether oxygens (including phenoxy) is 2. The Hall–Kier alpha value is -3.42. The molecule has 1 aliphatic heterocycles. The Labute approximate surface area is 200 Å². The van der Waals surface area contributed by atoms with Crippen LogP contribution in [0.4, 0.5) is 4.39 Å². The summed E-state index contributed by atoms with van der Waals surface area (Å²) in [6.45, 7) is 1.66. The Morgan fingerprint density at radius 3 is 2.76 bits per heavy atom. The van der Waals surface area contributed by atoms with Crippen molar-refractivity contribution in [3.63, 3.8) is 0 Å². The molecule has 4 aromatic rings. The number of allylic oxidation sites excluding steroid dienone is 1. The molecule has 5 rings (SSSR count). The summed E-state index contributed by atoms with van der Waals surface area (Å²) in [6.07, 6.45) is 1.26. The normalized spacial score (nSPS) is 13.9. The fourth-order valence-corrected chi connectivity index (χ4v) is 4.12. The molecule has 0 N–H and O–H groups in total. The molecular weight excluding hydrogens is 515 g/mol. The minimum atomic E-state index is -0.691. The standard InChI is InChI=1S/C25H13BrClFO5/c1-12-19(33-25(30)22-10-13-9-14(26)5-7-20(13)31-22)8-6-15-23(29)21(32-24(12)15)11-16-17(27)3-2-4-18(16)28/h2-11H,1H3/b21-11-. The third-order valence-electron chi connectivity index (χ3n) is 5.19. The van der Waals surface area contributed by atoms with Crippen LogP contribution in [0.1, 0.15) is 32.0 Å². The van der Waals surface area contributed by atoms with Crippen LogP contribution in [-0.2, 0) is 0 Å². The van der Waals surface area contributed by atoms with Crippen LogP contribution in [0.25, 0.3) is 17.0 Å². The fraction of sp³-hybridized carbons (Fsp3) is 0.0400. The van der Waals surface area contributed by atoms with E-state index >= 15 is 0 Å². The van der Waals surface area contributed by atoms with Gasteiger partial charge in [0.2, 0.25) is 11.5 Å². The van der Waals surface area contributed by atoms with Gasteiger partial charge in [-0.15, -0.1) is 0 Å². The van der Waals surface area contributed by atoms with Crippen LogP contribution in [0.2, 0.25) is 5.02 Å². The molecule has 33 heavy (non-hydrogen) atoms. The van der Waals surface area contributed by atoms with Gasteiger partial charge in [0.05, 0.1) is 10.6 Å². The summed E-state index contributed by atoms with van der Waals surface area (Å²) in [4.78, 5) is 25.4. The van der Waals surface area contributed by atoms with Gasteiger partial charge in [-0.2, -0.15) is 0 Å². The van der Waals surface area contributed by atoms with Crippen LogP contribution in [0.3, 0.4) is 0 Å². The smallest absolute Gasteiger partial charge is 0.379 e. The first-order chi connectivity index (χ1) is 15.8. The number of hydrogen-bond acceptors (Lipinski definition) is 5. The Bertz CT molecular complexity index is 1480. The van der Waals surface area contributed by atoms with Crippen LogP contribution < -0.4 is 9.47 Å². The monoisotopic (exact) mass is 526 g/mol. The van der Waals surface area contributed by atoms with Crippen molar-refractivity contribution in [1.82, 2.24) is 0 Å². The molecule has 8 heteroatoms. The lowest BCUT2D eigenvalue weighted by Crippen LogP contribution is -2.08. The molecule has 0 amide bonds. The highest BCUT2D eigenvalue weighted by molar-refractivity contribution is 9.10. The average molecular weight is 528 g/mol. The highest BCUT2D eigenvalue weighted by Crippen LogP contribution is 2.40. The molecule has 0 fully saturated rings. The molecule has 0 saturated heterocycles. The lowest BCUT2D eigenvalue weighted by atomic mass is 10.1. The van der Waals surface area contributed by atoms with Crippen molar-refractivity contribution in [3.8, 4) is 11.5 Å². The minimum Gasteiger partial charge on any atom is -0.452 e. The van der Waals surface area contributed by atoms with Gasteiger partial charge < -0.3 is 13.9 Å². The molecule has 0 saturated carbocycles. The van der Waals surface area contributed by atoms with E-state index in [1.807, 2.05) is 6.07 Å². The highest BCUT2D eigenvalue weighted by atomic mass is 79.9. The van der Waals surface area contributed by atoms with Gasteiger partial charge in [0, 0.05) is 21.0 Å². The van der Waals surface area contributed by atoms with Gasteiger partial charge in [-0.1, -0.05) is 33.6 Å². The maximum Gasteiger partial charge on any atom is 0.379 e. The number of rotatable bonds is 3. The van der Waals surface area contributed by atoms with Gasteiger partial charge in [-0.25, -0.2) is 9.18 Å². The molecule has 1 aromatic heterocycles. The quantitative estimate of drug-likeness (QED) is 0.161. The minimum absolute atomic E-state index is 0.0368. The van der Waals surface area contributed by atoms with Gasteiger partial charge in [-0.3, -0.25) is 4.79 Å². The molecule has 0 spiro atoms. The number of furan rings is 1. The van der Waals surface area contributed by atoms with E-state index in [1.165, 1.54) is 36.4 Å². The van der Waals surface area contributed by atoms with E-state index in [0.717, 1.165) is 9.86 Å². The summed E-state index contributed by atoms with van der Waals surface area (Å²) in [5, 5.41) is 0.900. The second kappa shape index (κ2) is 8.17. The number of fused-ring (bicyclic) bond motifs is 2. The van der Waals surface area contributed by atoms with Gasteiger partial charge in [0.25, 0.3) is 0 Å². The molecule has 0 radical (unpaired) electrons. The van der Waals surface area contributed by atoms with Crippen molar-refractivity contribution in [2.24, 2.45) is 0 Å². The van der Waals surface area contributed by atoms with Gasteiger partial charge >= 0.3 is 5.97 Å². The maximum absolute atomic E-state index is 14.1. The van der Waals surface area contributed by atoms with E-state index < -0.39 is 17.6 Å². The molecule has 0 bridgehead atoms. The fourth-order valence-electron chi connectivity index (χ4n) is 3.52. The predicted molar refractivity (Wildman–Crippen MR) is 124 cm³/mol. The van der Waals surface area contributed by atoms with E-state index in [1.54, 1.807) is 25.1 Å². The second-order valence-electron chi connectivity index (χ2n) is 7.32. The molecule has 1 aliphatic rings. The van der Waals surface area contributed by atoms with E-state index in [4.69, 9.17) is 25.5 Å². The predicted octanol–water partition coefficient (Wildman–Crippen LogP) is 7.13. The van der Waals surface area contributed by atoms with Crippen LogP contribution in [0.5, 0.6) is 11.5 Å². The topological polar surface area (TPSA) is 65.7 Å². The molecule has 5 nitrogen and oxygen atoms in total. The second-order valence-corrected chi connectivity index (χ2v) is 8.65. The van der Waals surface area contributed by atoms with Crippen molar-refractivity contribution >= 4 is 56.3 Å². The van der Waals surface area contributed by atoms with Crippen molar-refractivity contribution in [2.75, 3.05) is 0 Å². The van der Waals surface area contributed by atoms with Gasteiger partial charge in [-0.05, 0) is 61.5 Å². The lowest BCUT2D eigenvalue weighted by Gasteiger charge is -2.09. The number of esters is 1. The van der Waals surface area contributed by atoms with Gasteiger partial charge in [0.15, 0.2) is 5.76 Å². The van der Waals surface area contributed by atoms with E-state index in [0.29, 0.717) is 11.1 Å².